The number of esters is 1. The van der Waals surface area contributed by atoms with E-state index in [4.69, 9.17) is 34.4 Å². The maximum absolute atomic E-state index is 13.8. The van der Waals surface area contributed by atoms with Gasteiger partial charge in [0.15, 0.2) is 12.3 Å². The third-order valence-corrected chi connectivity index (χ3v) is 7.31. The van der Waals surface area contributed by atoms with Crippen molar-refractivity contribution >= 4 is 19.9 Å². The third-order valence-electron chi connectivity index (χ3n) is 5.67. The van der Waals surface area contributed by atoms with Gasteiger partial charge in [0, 0.05) is 12.3 Å². The number of ether oxygens (including phenoxy) is 4. The number of hydrogen-bond acceptors (Lipinski definition) is 11. The van der Waals surface area contributed by atoms with Gasteiger partial charge in [-0.1, -0.05) is 18.2 Å². The zero-order chi connectivity index (χ0) is 28.4. The number of carbonyl (C=O) groups excluding carboxylic acids is 2. The minimum Gasteiger partial charge on any atom is -0.462 e. The molecule has 1 aromatic heterocycles. The lowest BCUT2D eigenvalue weighted by Gasteiger charge is -2.25. The van der Waals surface area contributed by atoms with Crippen molar-refractivity contribution in [2.75, 3.05) is 6.61 Å². The lowest BCUT2D eigenvalue weighted by molar-refractivity contribution is -0.149. The fourth-order valence-electron chi connectivity index (χ4n) is 3.99. The highest BCUT2D eigenvalue weighted by Crippen LogP contribution is 2.49. The van der Waals surface area contributed by atoms with E-state index in [1.165, 1.54) is 19.1 Å². The molecule has 2 fully saturated rings. The number of nitrogens with zero attached hydrogens (tertiary/aromatic N) is 1. The number of H-pyrrole nitrogens is 1. The van der Waals surface area contributed by atoms with Crippen molar-refractivity contribution in [1.29, 1.82) is 0 Å². The van der Waals surface area contributed by atoms with E-state index in [1.807, 2.05) is 0 Å². The minimum absolute atomic E-state index is 0.163. The van der Waals surface area contributed by atoms with Gasteiger partial charge in [-0.2, -0.15) is 5.09 Å². The van der Waals surface area contributed by atoms with E-state index in [1.54, 1.807) is 32.0 Å². The van der Waals surface area contributed by atoms with Crippen molar-refractivity contribution < 1.29 is 42.1 Å². The van der Waals surface area contributed by atoms with Crippen LogP contribution in [-0.4, -0.2) is 58.2 Å². The summed E-state index contributed by atoms with van der Waals surface area (Å²) in [5, 5.41) is 2.53. The summed E-state index contributed by atoms with van der Waals surface area (Å²) in [4.78, 5) is 50.6. The fourth-order valence-corrected chi connectivity index (χ4v) is 5.49. The standard InChI is InChI=1S/C24H26N3O11P/c1-5-24-19(36-23(31)37-24)17(35-21(24)27-12-11-18(28)25-22(27)30)13-33-39(32,38-16-9-7-6-8-10-16)26-15(4)20(29)34-14(2)3/h1,6-12,14-15,17,19,21H,13H2,2-4H3,(H,26,32)(H,25,28,30)/t15-,17+,19+,21-,24+,39?/m0/s1. The first-order chi connectivity index (χ1) is 18.5. The van der Waals surface area contributed by atoms with Gasteiger partial charge in [0.05, 0.1) is 12.7 Å². The van der Waals surface area contributed by atoms with Gasteiger partial charge in [-0.25, -0.2) is 14.2 Å². The van der Waals surface area contributed by atoms with Gasteiger partial charge in [0.1, 0.15) is 17.9 Å². The van der Waals surface area contributed by atoms with E-state index in [0.717, 1.165) is 16.8 Å². The predicted molar refractivity (Wildman–Crippen MR) is 133 cm³/mol. The number of aromatic amines is 1. The van der Waals surface area contributed by atoms with Crippen LogP contribution in [0.1, 0.15) is 27.0 Å². The van der Waals surface area contributed by atoms with Crippen LogP contribution < -0.4 is 20.9 Å². The average Bonchev–Trinajstić information content (AvgIpc) is 3.35. The van der Waals surface area contributed by atoms with Crippen LogP contribution in [0.2, 0.25) is 0 Å². The van der Waals surface area contributed by atoms with Crippen LogP contribution >= 0.6 is 7.75 Å². The van der Waals surface area contributed by atoms with Crippen LogP contribution in [0.5, 0.6) is 5.75 Å². The molecule has 2 aliphatic rings. The maximum Gasteiger partial charge on any atom is 0.510 e. The number of rotatable bonds is 10. The van der Waals surface area contributed by atoms with Crippen molar-refractivity contribution in [1.82, 2.24) is 14.6 Å². The summed E-state index contributed by atoms with van der Waals surface area (Å²) in [5.74, 6) is 1.77. The summed E-state index contributed by atoms with van der Waals surface area (Å²) in [5.41, 5.74) is -3.47. The van der Waals surface area contributed by atoms with E-state index in [-0.39, 0.29) is 5.75 Å². The Kier molecular flexibility index (Phi) is 7.99. The lowest BCUT2D eigenvalue weighted by Crippen LogP contribution is -2.46. The number of para-hydroxylation sites is 1. The lowest BCUT2D eigenvalue weighted by atomic mass is 9.95. The van der Waals surface area contributed by atoms with Crippen molar-refractivity contribution in [3.05, 3.63) is 63.4 Å². The molecule has 15 heteroatoms. The normalized spacial score (nSPS) is 26.0. The number of terminal acetylenes is 1. The van der Waals surface area contributed by atoms with Crippen molar-refractivity contribution in [3.8, 4) is 18.1 Å². The smallest absolute Gasteiger partial charge is 0.462 e. The second kappa shape index (κ2) is 11.1. The zero-order valence-electron chi connectivity index (χ0n) is 21.1. The summed E-state index contributed by atoms with van der Waals surface area (Å²) in [6, 6.07) is 7.98. The van der Waals surface area contributed by atoms with Gasteiger partial charge in [-0.05, 0) is 38.8 Å². The maximum atomic E-state index is 13.8. The Labute approximate surface area is 222 Å². The molecule has 0 spiro atoms. The molecule has 0 radical (unpaired) electrons. The summed E-state index contributed by atoms with van der Waals surface area (Å²) >= 11 is 0. The van der Waals surface area contributed by atoms with E-state index in [0.29, 0.717) is 0 Å². The number of fused-ring (bicyclic) bond motifs is 1. The average molecular weight is 563 g/mol. The van der Waals surface area contributed by atoms with Crippen molar-refractivity contribution in [2.45, 2.75) is 57.0 Å². The summed E-state index contributed by atoms with van der Waals surface area (Å²) in [6.07, 6.45) is 1.32. The van der Waals surface area contributed by atoms with Crippen LogP contribution in [0.15, 0.2) is 52.2 Å². The first-order valence-corrected chi connectivity index (χ1v) is 13.3. The fraction of sp³-hybridized carbons (Fsp3) is 0.417. The molecule has 0 aliphatic carbocycles. The number of aromatic nitrogens is 2. The monoisotopic (exact) mass is 563 g/mol. The van der Waals surface area contributed by atoms with Gasteiger partial charge >= 0.3 is 25.6 Å². The SMILES string of the molecule is C#C[C@@]12OC(=O)O[C@@H]1[C@@H](COP(=O)(N[C@@H](C)C(=O)OC(C)C)Oc1ccccc1)O[C@@H]2n1ccc(=O)[nH]c1=O. The first kappa shape index (κ1) is 28.1. The molecule has 1 aromatic carbocycles. The summed E-state index contributed by atoms with van der Waals surface area (Å²) in [7, 11) is -4.32. The molecular weight excluding hydrogens is 537 g/mol. The van der Waals surface area contributed by atoms with Gasteiger partial charge in [-0.3, -0.25) is 23.7 Å². The minimum atomic E-state index is -4.32. The van der Waals surface area contributed by atoms with E-state index >= 15 is 0 Å². The van der Waals surface area contributed by atoms with E-state index < -0.39 is 73.9 Å². The zero-order valence-corrected chi connectivity index (χ0v) is 22.0. The van der Waals surface area contributed by atoms with E-state index in [2.05, 4.69) is 16.0 Å². The molecule has 6 atom stereocenters. The molecule has 208 valence electrons. The predicted octanol–water partition coefficient (Wildman–Crippen LogP) is 1.47. The quantitative estimate of drug-likeness (QED) is 0.242. The summed E-state index contributed by atoms with van der Waals surface area (Å²) in [6.45, 7) is 4.18. The van der Waals surface area contributed by atoms with Crippen molar-refractivity contribution in [3.63, 3.8) is 0 Å². The second-order valence-corrected chi connectivity index (χ2v) is 10.6. The van der Waals surface area contributed by atoms with Crippen LogP contribution in [0, 0.1) is 12.3 Å². The van der Waals surface area contributed by atoms with Gasteiger partial charge in [0.25, 0.3) is 11.2 Å². The Morgan fingerprint density at radius 3 is 2.59 bits per heavy atom. The number of hydrogen-bond donors (Lipinski definition) is 2. The molecular formula is C24H26N3O11P. The Balaban J connectivity index is 1.60. The molecule has 2 aromatic rings. The molecule has 2 N–H and O–H groups in total. The third kappa shape index (κ3) is 5.91. The number of nitrogens with one attached hydrogen (secondary N) is 2. The second-order valence-electron chi connectivity index (χ2n) is 8.91. The van der Waals surface area contributed by atoms with Crippen molar-refractivity contribution in [2.24, 2.45) is 0 Å². The summed E-state index contributed by atoms with van der Waals surface area (Å²) < 4.78 is 47.5. The Morgan fingerprint density at radius 1 is 1.23 bits per heavy atom. The Bertz CT molecular complexity index is 1430. The van der Waals surface area contributed by atoms with Gasteiger partial charge in [0.2, 0.25) is 0 Å². The molecule has 39 heavy (non-hydrogen) atoms. The highest BCUT2D eigenvalue weighted by Gasteiger charge is 2.67. The Hall–Kier alpha value is -3.89. The molecule has 0 amide bonds. The number of carbonyl (C=O) groups is 2. The highest BCUT2D eigenvalue weighted by molar-refractivity contribution is 7.52. The topological polar surface area (TPSA) is 173 Å². The van der Waals surface area contributed by atoms with Crippen LogP contribution in [-0.2, 0) is 32.8 Å². The Morgan fingerprint density at radius 2 is 1.95 bits per heavy atom. The molecule has 2 saturated heterocycles. The first-order valence-electron chi connectivity index (χ1n) is 11.8. The molecule has 14 nitrogen and oxygen atoms in total. The molecule has 1 unspecified atom stereocenters. The largest absolute Gasteiger partial charge is 0.510 e. The molecule has 3 heterocycles. The van der Waals surface area contributed by atoms with Crippen LogP contribution in [0.25, 0.3) is 0 Å². The molecule has 0 saturated carbocycles. The highest BCUT2D eigenvalue weighted by atomic mass is 31.2. The van der Waals surface area contributed by atoms with Crippen LogP contribution in [0.4, 0.5) is 4.79 Å². The van der Waals surface area contributed by atoms with Gasteiger partial charge < -0.3 is 23.5 Å². The number of benzene rings is 1. The molecule has 0 bridgehead atoms. The molecule has 4 rings (SSSR count). The van der Waals surface area contributed by atoms with Gasteiger partial charge in [-0.15, -0.1) is 6.42 Å². The van der Waals surface area contributed by atoms with E-state index in [9.17, 15) is 23.7 Å². The molecule has 2 aliphatic heterocycles. The van der Waals surface area contributed by atoms with Crippen LogP contribution in [0.3, 0.4) is 0 Å².